The first-order chi connectivity index (χ1) is 15.4. The van der Waals surface area contributed by atoms with Crippen LogP contribution in [0.1, 0.15) is 13.3 Å². The first kappa shape index (κ1) is 21.6. The number of aromatic nitrogens is 2. The third-order valence-corrected chi connectivity index (χ3v) is 5.52. The van der Waals surface area contributed by atoms with Gasteiger partial charge in [-0.05, 0) is 54.8 Å². The van der Waals surface area contributed by atoms with Gasteiger partial charge in [-0.2, -0.15) is 0 Å². The van der Waals surface area contributed by atoms with Crippen LogP contribution in [0, 0.1) is 5.92 Å². The molecular formula is C23H22ClN5O3. The number of carbonyl (C=O) groups excluding carboxylic acids is 2. The fraction of sp³-hybridized carbons (Fsp3) is 0.217. The van der Waals surface area contributed by atoms with Crippen LogP contribution in [0.25, 0.3) is 5.69 Å². The highest BCUT2D eigenvalue weighted by Gasteiger charge is 2.38. The maximum atomic E-state index is 12.9. The second kappa shape index (κ2) is 9.23. The highest BCUT2D eigenvalue weighted by Crippen LogP contribution is 2.25. The van der Waals surface area contributed by atoms with Crippen molar-refractivity contribution in [1.29, 1.82) is 0 Å². The molecule has 3 amide bonds. The SMILES string of the molecule is CC1CC(C(=O)Nc2ccc(-n3ccccc3=O)cn2)N(C(=O)Nc2ccc(Cl)cc2)C1. The van der Waals surface area contributed by atoms with Gasteiger partial charge in [-0.3, -0.25) is 14.2 Å². The van der Waals surface area contributed by atoms with Crippen molar-refractivity contribution in [3.05, 3.63) is 82.4 Å². The van der Waals surface area contributed by atoms with E-state index in [-0.39, 0.29) is 23.4 Å². The Morgan fingerprint density at radius 1 is 1.06 bits per heavy atom. The number of amides is 3. The smallest absolute Gasteiger partial charge is 0.312 e. The Kier molecular flexibility index (Phi) is 6.23. The van der Waals surface area contributed by atoms with E-state index in [0.29, 0.717) is 35.2 Å². The summed E-state index contributed by atoms with van der Waals surface area (Å²) in [5, 5.41) is 6.16. The van der Waals surface area contributed by atoms with E-state index in [1.165, 1.54) is 21.7 Å². The molecule has 3 heterocycles. The van der Waals surface area contributed by atoms with Gasteiger partial charge in [-0.1, -0.05) is 24.6 Å². The Bertz CT molecular complexity index is 1180. The first-order valence-corrected chi connectivity index (χ1v) is 10.6. The molecule has 8 nitrogen and oxygen atoms in total. The average Bonchev–Trinajstić information content (AvgIpc) is 3.18. The van der Waals surface area contributed by atoms with E-state index in [2.05, 4.69) is 15.6 Å². The van der Waals surface area contributed by atoms with E-state index >= 15 is 0 Å². The third-order valence-electron chi connectivity index (χ3n) is 5.27. The van der Waals surface area contributed by atoms with Gasteiger partial charge in [0.25, 0.3) is 5.56 Å². The molecule has 2 aromatic heterocycles. The summed E-state index contributed by atoms with van der Waals surface area (Å²) in [4.78, 5) is 43.5. The zero-order chi connectivity index (χ0) is 22.7. The molecule has 1 aliphatic rings. The predicted molar refractivity (Wildman–Crippen MR) is 123 cm³/mol. The van der Waals surface area contributed by atoms with Gasteiger partial charge in [0.05, 0.1) is 11.9 Å². The van der Waals surface area contributed by atoms with E-state index in [9.17, 15) is 14.4 Å². The van der Waals surface area contributed by atoms with Gasteiger partial charge >= 0.3 is 6.03 Å². The molecule has 9 heteroatoms. The molecule has 1 saturated heterocycles. The maximum Gasteiger partial charge on any atom is 0.322 e. The number of nitrogens with zero attached hydrogens (tertiary/aromatic N) is 3. The molecule has 32 heavy (non-hydrogen) atoms. The molecule has 0 radical (unpaired) electrons. The molecule has 0 saturated carbocycles. The number of carbonyl (C=O) groups is 2. The molecule has 4 rings (SSSR count). The van der Waals surface area contributed by atoms with Crippen molar-refractivity contribution < 1.29 is 9.59 Å². The normalized spacial score (nSPS) is 17.8. The van der Waals surface area contributed by atoms with Crippen LogP contribution in [-0.2, 0) is 4.79 Å². The summed E-state index contributed by atoms with van der Waals surface area (Å²) in [6.45, 7) is 2.47. The largest absolute Gasteiger partial charge is 0.322 e. The number of nitrogens with one attached hydrogen (secondary N) is 2. The van der Waals surface area contributed by atoms with Crippen molar-refractivity contribution in [2.75, 3.05) is 17.2 Å². The summed E-state index contributed by atoms with van der Waals surface area (Å²) >= 11 is 5.89. The monoisotopic (exact) mass is 451 g/mol. The Morgan fingerprint density at radius 2 is 1.84 bits per heavy atom. The second-order valence-corrected chi connectivity index (χ2v) is 8.18. The van der Waals surface area contributed by atoms with Crippen molar-refractivity contribution in [2.45, 2.75) is 19.4 Å². The van der Waals surface area contributed by atoms with Gasteiger partial charge in [0.1, 0.15) is 11.9 Å². The number of benzene rings is 1. The molecule has 1 aliphatic heterocycles. The van der Waals surface area contributed by atoms with Gasteiger partial charge < -0.3 is 15.5 Å². The fourth-order valence-corrected chi connectivity index (χ4v) is 3.83. The zero-order valence-electron chi connectivity index (χ0n) is 17.4. The number of anilines is 2. The molecule has 2 unspecified atom stereocenters. The maximum absolute atomic E-state index is 12.9. The summed E-state index contributed by atoms with van der Waals surface area (Å²) in [5.41, 5.74) is 1.02. The molecule has 1 aromatic carbocycles. The summed E-state index contributed by atoms with van der Waals surface area (Å²) < 4.78 is 1.46. The summed E-state index contributed by atoms with van der Waals surface area (Å²) in [5.74, 6) is 0.222. The van der Waals surface area contributed by atoms with Gasteiger partial charge in [0.2, 0.25) is 5.91 Å². The van der Waals surface area contributed by atoms with Crippen LogP contribution in [0.4, 0.5) is 16.3 Å². The number of hydrogen-bond donors (Lipinski definition) is 2. The molecule has 164 valence electrons. The van der Waals surface area contributed by atoms with Crippen LogP contribution in [0.5, 0.6) is 0 Å². The summed E-state index contributed by atoms with van der Waals surface area (Å²) in [6, 6.07) is 14.0. The van der Waals surface area contributed by atoms with E-state index in [1.54, 1.807) is 54.7 Å². The first-order valence-electron chi connectivity index (χ1n) is 10.2. The van der Waals surface area contributed by atoms with Crippen LogP contribution >= 0.6 is 11.6 Å². The van der Waals surface area contributed by atoms with Crippen molar-refractivity contribution in [3.8, 4) is 5.69 Å². The molecule has 0 aliphatic carbocycles. The third kappa shape index (κ3) is 4.81. The van der Waals surface area contributed by atoms with Gasteiger partial charge in [-0.15, -0.1) is 0 Å². The average molecular weight is 452 g/mol. The second-order valence-electron chi connectivity index (χ2n) is 7.75. The molecule has 1 fully saturated rings. The number of halogens is 1. The van der Waals surface area contributed by atoms with Crippen molar-refractivity contribution in [2.24, 2.45) is 5.92 Å². The van der Waals surface area contributed by atoms with Crippen LogP contribution in [0.2, 0.25) is 5.02 Å². The highest BCUT2D eigenvalue weighted by atomic mass is 35.5. The lowest BCUT2D eigenvalue weighted by atomic mass is 10.1. The van der Waals surface area contributed by atoms with E-state index < -0.39 is 6.04 Å². The topological polar surface area (TPSA) is 96.3 Å². The summed E-state index contributed by atoms with van der Waals surface area (Å²) in [6.07, 6.45) is 3.71. The van der Waals surface area contributed by atoms with Gasteiger partial charge in [0.15, 0.2) is 0 Å². The minimum atomic E-state index is -0.615. The zero-order valence-corrected chi connectivity index (χ0v) is 18.1. The van der Waals surface area contributed by atoms with Crippen molar-refractivity contribution >= 4 is 35.0 Å². The minimum Gasteiger partial charge on any atom is -0.312 e. The predicted octanol–water partition coefficient (Wildman–Crippen LogP) is 3.77. The minimum absolute atomic E-state index is 0.173. The van der Waals surface area contributed by atoms with E-state index in [4.69, 9.17) is 11.6 Å². The lowest BCUT2D eigenvalue weighted by Crippen LogP contribution is -2.45. The fourth-order valence-electron chi connectivity index (χ4n) is 3.70. The van der Waals surface area contributed by atoms with Crippen molar-refractivity contribution in [3.63, 3.8) is 0 Å². The number of hydrogen-bond acceptors (Lipinski definition) is 4. The van der Waals surface area contributed by atoms with E-state index in [1.807, 2.05) is 6.92 Å². The number of rotatable bonds is 4. The Labute approximate surface area is 189 Å². The van der Waals surface area contributed by atoms with Crippen molar-refractivity contribution in [1.82, 2.24) is 14.5 Å². The van der Waals surface area contributed by atoms with Crippen LogP contribution in [0.15, 0.2) is 71.8 Å². The number of pyridine rings is 2. The molecule has 2 atom stereocenters. The Balaban J connectivity index is 1.44. The lowest BCUT2D eigenvalue weighted by molar-refractivity contribution is -0.119. The molecule has 0 bridgehead atoms. The van der Waals surface area contributed by atoms with Crippen LogP contribution in [-0.4, -0.2) is 39.0 Å². The van der Waals surface area contributed by atoms with Gasteiger partial charge in [-0.25, -0.2) is 9.78 Å². The Hall–Kier alpha value is -3.65. The quantitative estimate of drug-likeness (QED) is 0.631. The van der Waals surface area contributed by atoms with Crippen LogP contribution in [0.3, 0.4) is 0 Å². The molecule has 0 spiro atoms. The van der Waals surface area contributed by atoms with E-state index in [0.717, 1.165) is 0 Å². The van der Waals surface area contributed by atoms with Gasteiger partial charge in [0, 0.05) is 29.5 Å². The lowest BCUT2D eigenvalue weighted by Gasteiger charge is -2.24. The molecule has 3 aromatic rings. The standard InChI is InChI=1S/C23H22ClN5O3/c1-15-12-19(29(14-15)23(32)26-17-7-5-16(24)6-8-17)22(31)27-20-10-9-18(13-25-20)28-11-3-2-4-21(28)30/h2-11,13,15,19H,12,14H2,1H3,(H,26,32)(H,25,27,31). The Morgan fingerprint density at radius 3 is 2.53 bits per heavy atom. The molecular weight excluding hydrogens is 430 g/mol. The summed E-state index contributed by atoms with van der Waals surface area (Å²) in [7, 11) is 0. The molecule has 2 N–H and O–H groups in total. The number of likely N-dealkylation sites (tertiary alicyclic amines) is 1. The van der Waals surface area contributed by atoms with Crippen LogP contribution < -0.4 is 16.2 Å². The highest BCUT2D eigenvalue weighted by molar-refractivity contribution is 6.30. The number of urea groups is 1.